The van der Waals surface area contributed by atoms with Gasteiger partial charge >= 0.3 is 0 Å². The quantitative estimate of drug-likeness (QED) is 0.0620. The van der Waals surface area contributed by atoms with E-state index < -0.39 is 0 Å². The normalized spacial score (nSPS) is 17.8. The molecule has 3 aromatic carbocycles. The third-order valence-corrected chi connectivity index (χ3v) is 25.0. The first-order chi connectivity index (χ1) is 67.2. The van der Waals surface area contributed by atoms with Gasteiger partial charge in [0.15, 0.2) is 45.9 Å². The minimum Gasteiger partial charge on any atom is -0.495 e. The summed E-state index contributed by atoms with van der Waals surface area (Å²) < 4.78 is 79.5. The molecule has 35 nitrogen and oxygen atoms in total. The number of nitrogens with one attached hydrogen (secondary N) is 4. The molecule has 24 rings (SSSR count). The van der Waals surface area contributed by atoms with Crippen LogP contribution in [-0.4, -0.2) is 226 Å². The summed E-state index contributed by atoms with van der Waals surface area (Å²) in [6.07, 6.45) is 40.0. The van der Waals surface area contributed by atoms with E-state index in [1.165, 1.54) is 6.07 Å². The summed E-state index contributed by atoms with van der Waals surface area (Å²) in [5.74, 6) is 7.69. The summed E-state index contributed by atoms with van der Waals surface area (Å²) in [6, 6.07) is 29.9. The SMILES string of the molecule is COc1cc(Nc2nc(-c3cnc4c(c3)CCCO4)cn3ccnc23)ccc1N1CC(C)OC(C)C1.COc1cc(Nc2nc(-c3cnc4c(c3)CCCO4)cn3ccnc23)ccc1N1C[C@@H](C)O[C@@H](C)C1.Fc1cc(Nc2nc(-c3cnc4c(c3)CCCO4)cn3ccnc23)ccc1N1CCOCC1.c1cn2cc(-c3cnc4c(c3)CCCO4)nc(Nc3ccc(N4CCOCC4)nc3)c2n1. The van der Waals surface area contributed by atoms with Crippen LogP contribution in [0.15, 0.2) is 196 Å². The molecule has 702 valence electrons. The van der Waals surface area contributed by atoms with Gasteiger partial charge in [-0.3, -0.25) is 0 Å². The fraction of sp³-hybridized carbons (Fsp3) is 0.337. The van der Waals surface area contributed by atoms with Crippen molar-refractivity contribution in [3.8, 4) is 80.0 Å². The molecule has 4 atom stereocenters. The number of methoxy groups -OCH3 is 2. The van der Waals surface area contributed by atoms with Crippen molar-refractivity contribution in [2.45, 2.75) is 103 Å². The lowest BCUT2D eigenvalue weighted by atomic mass is 10.1. The van der Waals surface area contributed by atoms with Gasteiger partial charge in [-0.25, -0.2) is 69.2 Å². The smallest absolute Gasteiger partial charge is 0.216 e. The average molecular weight is 1850 g/mol. The molecular weight excluding hydrogens is 1740 g/mol. The Bertz CT molecular complexity index is 6800. The van der Waals surface area contributed by atoms with E-state index in [1.807, 2.05) is 139 Å². The molecule has 0 saturated carbocycles. The predicted octanol–water partition coefficient (Wildman–Crippen LogP) is 15.9. The molecule has 137 heavy (non-hydrogen) atoms. The van der Waals surface area contributed by atoms with Crippen molar-refractivity contribution in [1.29, 1.82) is 0 Å². The van der Waals surface area contributed by atoms with Crippen molar-refractivity contribution in [3.05, 3.63) is 224 Å². The maximum absolute atomic E-state index is 14.9. The van der Waals surface area contributed by atoms with Crippen LogP contribution >= 0.6 is 0 Å². The minimum atomic E-state index is -0.281. The van der Waals surface area contributed by atoms with Gasteiger partial charge in [-0.1, -0.05) is 0 Å². The number of imidazole rings is 4. The van der Waals surface area contributed by atoms with Crippen LogP contribution in [0.25, 0.3) is 67.6 Å². The zero-order chi connectivity index (χ0) is 92.8. The highest BCUT2D eigenvalue weighted by Crippen LogP contribution is 2.41. The summed E-state index contributed by atoms with van der Waals surface area (Å²) in [5.41, 5.74) is 20.2. The van der Waals surface area contributed by atoms with E-state index >= 15 is 0 Å². The number of rotatable bonds is 18. The van der Waals surface area contributed by atoms with E-state index in [4.69, 9.17) is 67.3 Å². The molecule has 21 heterocycles. The molecule has 16 aromatic rings. The Balaban J connectivity index is 0.000000109. The molecule has 0 amide bonds. The van der Waals surface area contributed by atoms with E-state index in [1.54, 1.807) is 51.3 Å². The summed E-state index contributed by atoms with van der Waals surface area (Å²) in [4.78, 5) is 69.0. The topological polar surface area (TPSA) is 339 Å². The Morgan fingerprint density at radius 3 is 0.985 bits per heavy atom. The molecule has 0 aliphatic carbocycles. The summed E-state index contributed by atoms with van der Waals surface area (Å²) in [6.45, 7) is 20.4. The van der Waals surface area contributed by atoms with Crippen molar-refractivity contribution in [3.63, 3.8) is 0 Å². The van der Waals surface area contributed by atoms with Gasteiger partial charge in [0, 0.05) is 225 Å². The highest BCUT2D eigenvalue weighted by atomic mass is 19.1. The molecule has 13 aromatic heterocycles. The van der Waals surface area contributed by atoms with E-state index in [0.29, 0.717) is 79.1 Å². The third-order valence-electron chi connectivity index (χ3n) is 25.0. The van der Waals surface area contributed by atoms with Crippen LogP contribution in [0.1, 0.15) is 75.6 Å². The highest BCUT2D eigenvalue weighted by molar-refractivity contribution is 5.81. The molecule has 0 bridgehead atoms. The van der Waals surface area contributed by atoms with Gasteiger partial charge in [0.1, 0.15) is 23.1 Å². The largest absolute Gasteiger partial charge is 0.495 e. The zero-order valence-corrected chi connectivity index (χ0v) is 77.1. The molecule has 4 saturated heterocycles. The van der Waals surface area contributed by atoms with Crippen LogP contribution in [0.3, 0.4) is 0 Å². The molecule has 2 unspecified atom stereocenters. The molecule has 0 spiro atoms. The number of nitrogens with zero attached hydrogens (tertiary/aromatic N) is 21. The second kappa shape index (κ2) is 39.8. The lowest BCUT2D eigenvalue weighted by Gasteiger charge is -2.37. The highest BCUT2D eigenvalue weighted by Gasteiger charge is 2.30. The third kappa shape index (κ3) is 19.8. The lowest BCUT2D eigenvalue weighted by Crippen LogP contribution is -2.45. The molecule has 36 heteroatoms. The first-order valence-electron chi connectivity index (χ1n) is 46.7. The Kier molecular flexibility index (Phi) is 25.7. The standard InChI is InChI=1S/2C27H30N6O3.C24H23FN6O2.C23H23N7O2/c2*1-17-14-33(15-18(2)36-17)23-7-6-21(12-24(23)34-3)30-25-26-28-8-9-32(26)16-22(31-25)20-11-19-5-4-10-35-27(19)29-13-20;25-19-13-18(3-4-21(19)30-7-10-32-11-8-30)28-22-23-26-5-6-31(23)15-20(29-22)17-12-16-2-1-9-33-24(16)27-14-17;1-2-16-12-17(13-26-23(16)32-9-1)19-15-30-6-5-24-22(30)21(28-19)27-18-3-4-20(25-14-18)29-7-10-31-11-8-29/h2*6-9,11-13,16-18H,4-5,10,14-15H2,1-3H3,(H,30,31);3-6,12-15H,1-2,7-11H2,(H,28,29);3-6,12-15H,1-2,7-11H2,(H,27,28)/t17-,18+;;;. The van der Waals surface area contributed by atoms with Gasteiger partial charge in [-0.05, 0) is 158 Å². The molecular formula is C101H106FN25O10. The summed E-state index contributed by atoms with van der Waals surface area (Å²) in [7, 11) is 3.41. The number of aryl methyl sites for hydroxylation is 4. The Hall–Kier alpha value is -15.1. The number of fused-ring (bicyclic) bond motifs is 8. The van der Waals surface area contributed by atoms with Gasteiger partial charge < -0.3 is 106 Å². The van der Waals surface area contributed by atoms with Crippen LogP contribution < -0.4 is 69.3 Å². The fourth-order valence-electron chi connectivity index (χ4n) is 18.5. The number of hydrogen-bond donors (Lipinski definition) is 4. The molecule has 4 fully saturated rings. The predicted molar refractivity (Wildman–Crippen MR) is 520 cm³/mol. The monoisotopic (exact) mass is 1850 g/mol. The van der Waals surface area contributed by atoms with Crippen molar-refractivity contribution in [2.24, 2.45) is 0 Å². The van der Waals surface area contributed by atoms with Crippen LogP contribution in [0.5, 0.6) is 35.0 Å². The second-order valence-electron chi connectivity index (χ2n) is 35.0. The van der Waals surface area contributed by atoms with Crippen molar-refractivity contribution in [2.75, 3.05) is 160 Å². The van der Waals surface area contributed by atoms with Crippen molar-refractivity contribution < 1.29 is 51.8 Å². The number of hydrogen-bond acceptors (Lipinski definition) is 31. The first-order valence-corrected chi connectivity index (χ1v) is 46.7. The number of benzene rings is 3. The number of aromatic nitrogens is 17. The van der Waals surface area contributed by atoms with Crippen LogP contribution in [0.4, 0.5) is 73.3 Å². The average Bonchev–Trinajstić information content (AvgIpc) is 1.75. The summed E-state index contributed by atoms with van der Waals surface area (Å²) >= 11 is 0. The Labute approximate surface area is 789 Å². The van der Waals surface area contributed by atoms with Crippen LogP contribution in [0.2, 0.25) is 0 Å². The van der Waals surface area contributed by atoms with E-state index in [2.05, 4.69) is 145 Å². The Morgan fingerprint density at radius 1 is 0.336 bits per heavy atom. The number of ether oxygens (including phenoxy) is 10. The van der Waals surface area contributed by atoms with Gasteiger partial charge in [0.05, 0.1) is 143 Å². The molecule has 0 radical (unpaired) electrons. The lowest BCUT2D eigenvalue weighted by molar-refractivity contribution is -0.00560. The minimum absolute atomic E-state index is 0.168. The van der Waals surface area contributed by atoms with Gasteiger partial charge in [0.2, 0.25) is 23.5 Å². The van der Waals surface area contributed by atoms with Crippen LogP contribution in [-0.2, 0) is 44.6 Å². The number of anilines is 12. The molecule has 4 N–H and O–H groups in total. The summed E-state index contributed by atoms with van der Waals surface area (Å²) in [5, 5.41) is 13.6. The van der Waals surface area contributed by atoms with Crippen molar-refractivity contribution in [1.82, 2.24) is 82.4 Å². The number of morpholine rings is 4. The van der Waals surface area contributed by atoms with Crippen LogP contribution in [0, 0.1) is 5.82 Å². The van der Waals surface area contributed by atoms with Crippen molar-refractivity contribution >= 4 is 91.5 Å². The van der Waals surface area contributed by atoms with E-state index in [9.17, 15) is 4.39 Å². The number of halogens is 1. The maximum Gasteiger partial charge on any atom is 0.216 e. The van der Waals surface area contributed by atoms with Gasteiger partial charge in [-0.2, -0.15) is 0 Å². The Morgan fingerprint density at radius 2 is 0.657 bits per heavy atom. The van der Waals surface area contributed by atoms with E-state index in [0.717, 1.165) is 271 Å². The maximum atomic E-state index is 14.9. The first kappa shape index (κ1) is 88.5. The molecule has 8 aliphatic rings. The number of pyridine rings is 5. The zero-order valence-electron chi connectivity index (χ0n) is 77.1. The van der Waals surface area contributed by atoms with Gasteiger partial charge in [-0.15, -0.1) is 0 Å². The van der Waals surface area contributed by atoms with Gasteiger partial charge in [0.25, 0.3) is 0 Å². The fourth-order valence-corrected chi connectivity index (χ4v) is 18.5. The van der Waals surface area contributed by atoms with E-state index in [-0.39, 0.29) is 30.2 Å². The molecule has 8 aliphatic heterocycles. The second-order valence-corrected chi connectivity index (χ2v) is 35.0.